The second-order valence-electron chi connectivity index (χ2n) is 6.08. The van der Waals surface area contributed by atoms with Crippen molar-refractivity contribution in [3.8, 4) is 0 Å². The Morgan fingerprint density at radius 2 is 2.07 bits per heavy atom. The van der Waals surface area contributed by atoms with Crippen LogP contribution < -0.4 is 5.32 Å². The summed E-state index contributed by atoms with van der Waals surface area (Å²) in [5.74, 6) is 1.69. The van der Waals surface area contributed by atoms with Crippen molar-refractivity contribution in [1.82, 2.24) is 5.32 Å². The highest BCUT2D eigenvalue weighted by Crippen LogP contribution is 2.34. The van der Waals surface area contributed by atoms with Crippen molar-refractivity contribution in [3.63, 3.8) is 0 Å². The zero-order chi connectivity index (χ0) is 10.9. The molecule has 1 heterocycles. The fraction of sp³-hybridized carbons (Fsp3) is 1.00. The van der Waals surface area contributed by atoms with Crippen molar-refractivity contribution in [3.05, 3.63) is 0 Å². The Balaban J connectivity index is 1.92. The van der Waals surface area contributed by atoms with Crippen LogP contribution in [0.1, 0.15) is 46.5 Å². The topological polar surface area (TPSA) is 21.3 Å². The molecule has 2 rings (SSSR count). The molecular weight excluding hydrogens is 186 g/mol. The van der Waals surface area contributed by atoms with Gasteiger partial charge in [-0.15, -0.1) is 0 Å². The third kappa shape index (κ3) is 2.94. The number of rotatable bonds is 1. The van der Waals surface area contributed by atoms with Crippen molar-refractivity contribution in [2.75, 3.05) is 13.1 Å². The first-order chi connectivity index (χ1) is 7.07. The molecule has 1 saturated heterocycles. The minimum atomic E-state index is 0.0314. The van der Waals surface area contributed by atoms with Crippen LogP contribution in [0, 0.1) is 11.8 Å². The van der Waals surface area contributed by atoms with Crippen molar-refractivity contribution >= 4 is 0 Å². The lowest BCUT2D eigenvalue weighted by molar-refractivity contribution is -0.123. The molecule has 0 aromatic rings. The fourth-order valence-electron chi connectivity index (χ4n) is 3.09. The van der Waals surface area contributed by atoms with E-state index in [0.717, 1.165) is 24.9 Å². The molecule has 15 heavy (non-hydrogen) atoms. The number of ether oxygens (including phenoxy) is 1. The molecule has 2 nitrogen and oxygen atoms in total. The monoisotopic (exact) mass is 211 g/mol. The van der Waals surface area contributed by atoms with Gasteiger partial charge in [0.1, 0.15) is 0 Å². The molecule has 0 bridgehead atoms. The van der Waals surface area contributed by atoms with E-state index >= 15 is 0 Å². The summed E-state index contributed by atoms with van der Waals surface area (Å²) in [6, 6.07) is 0. The van der Waals surface area contributed by atoms with E-state index in [1.807, 2.05) is 0 Å². The maximum absolute atomic E-state index is 6.20. The highest BCUT2D eigenvalue weighted by atomic mass is 16.5. The van der Waals surface area contributed by atoms with Crippen molar-refractivity contribution in [1.29, 1.82) is 0 Å². The van der Waals surface area contributed by atoms with Gasteiger partial charge in [0.15, 0.2) is 0 Å². The molecule has 0 aromatic carbocycles. The van der Waals surface area contributed by atoms with E-state index in [9.17, 15) is 0 Å². The standard InChI is InChI=1S/C13H25NO/c1-10-5-4-6-11(7-10)12-8-14-9-13(2,3)15-12/h10-12,14H,4-9H2,1-3H3. The SMILES string of the molecule is CC1CCCC(C2CNCC(C)(C)O2)C1. The highest BCUT2D eigenvalue weighted by Gasteiger charge is 2.34. The minimum absolute atomic E-state index is 0.0314. The van der Waals surface area contributed by atoms with E-state index in [1.54, 1.807) is 0 Å². The lowest BCUT2D eigenvalue weighted by atomic mass is 9.79. The van der Waals surface area contributed by atoms with Gasteiger partial charge in [-0.1, -0.05) is 19.8 Å². The van der Waals surface area contributed by atoms with Crippen LogP contribution in [0.4, 0.5) is 0 Å². The smallest absolute Gasteiger partial charge is 0.0754 e. The lowest BCUT2D eigenvalue weighted by Crippen LogP contribution is -2.53. The number of morpholine rings is 1. The molecule has 0 radical (unpaired) electrons. The summed E-state index contributed by atoms with van der Waals surface area (Å²) in [7, 11) is 0. The maximum Gasteiger partial charge on any atom is 0.0754 e. The Morgan fingerprint density at radius 1 is 1.27 bits per heavy atom. The number of nitrogens with one attached hydrogen (secondary N) is 1. The number of hydrogen-bond acceptors (Lipinski definition) is 2. The fourth-order valence-corrected chi connectivity index (χ4v) is 3.09. The molecule has 0 aromatic heterocycles. The third-order valence-electron chi connectivity index (χ3n) is 3.87. The first-order valence-corrected chi connectivity index (χ1v) is 6.45. The molecule has 3 unspecified atom stereocenters. The first-order valence-electron chi connectivity index (χ1n) is 6.45. The summed E-state index contributed by atoms with van der Waals surface area (Å²) in [4.78, 5) is 0. The maximum atomic E-state index is 6.20. The van der Waals surface area contributed by atoms with Crippen LogP contribution in [0.3, 0.4) is 0 Å². The molecule has 0 spiro atoms. The molecule has 3 atom stereocenters. The molecule has 88 valence electrons. The van der Waals surface area contributed by atoms with Gasteiger partial charge in [-0.25, -0.2) is 0 Å². The van der Waals surface area contributed by atoms with E-state index in [-0.39, 0.29) is 5.60 Å². The molecule has 0 amide bonds. The molecular formula is C13H25NO. The van der Waals surface area contributed by atoms with Crippen molar-refractivity contribution < 1.29 is 4.74 Å². The van der Waals surface area contributed by atoms with Crippen LogP contribution in [0.15, 0.2) is 0 Å². The third-order valence-corrected chi connectivity index (χ3v) is 3.87. The molecule has 1 aliphatic heterocycles. The van der Waals surface area contributed by atoms with Gasteiger partial charge in [0.25, 0.3) is 0 Å². The zero-order valence-electron chi connectivity index (χ0n) is 10.4. The van der Waals surface area contributed by atoms with Crippen LogP contribution in [0.2, 0.25) is 0 Å². The first kappa shape index (κ1) is 11.4. The predicted octanol–water partition coefficient (Wildman–Crippen LogP) is 2.58. The van der Waals surface area contributed by atoms with Crippen LogP contribution in [0.5, 0.6) is 0 Å². The largest absolute Gasteiger partial charge is 0.369 e. The van der Waals surface area contributed by atoms with Gasteiger partial charge in [0, 0.05) is 13.1 Å². The van der Waals surface area contributed by atoms with Gasteiger partial charge >= 0.3 is 0 Å². The van der Waals surface area contributed by atoms with Crippen molar-refractivity contribution in [2.45, 2.75) is 58.2 Å². The highest BCUT2D eigenvalue weighted by molar-refractivity contribution is 4.86. The van der Waals surface area contributed by atoms with Gasteiger partial charge in [-0.2, -0.15) is 0 Å². The van der Waals surface area contributed by atoms with Gasteiger partial charge in [-0.3, -0.25) is 0 Å². The molecule has 2 aliphatic rings. The van der Waals surface area contributed by atoms with E-state index in [0.29, 0.717) is 6.10 Å². The van der Waals surface area contributed by atoms with E-state index in [2.05, 4.69) is 26.1 Å². The Labute approximate surface area is 93.8 Å². The average molecular weight is 211 g/mol. The summed E-state index contributed by atoms with van der Waals surface area (Å²) < 4.78 is 6.20. The Hall–Kier alpha value is -0.0800. The van der Waals surface area contributed by atoms with Crippen molar-refractivity contribution in [2.24, 2.45) is 11.8 Å². The van der Waals surface area contributed by atoms with E-state index in [4.69, 9.17) is 4.74 Å². The summed E-state index contributed by atoms with van der Waals surface area (Å²) >= 11 is 0. The zero-order valence-corrected chi connectivity index (χ0v) is 10.4. The lowest BCUT2D eigenvalue weighted by Gasteiger charge is -2.42. The van der Waals surface area contributed by atoms with E-state index < -0.39 is 0 Å². The molecule has 2 fully saturated rings. The quantitative estimate of drug-likeness (QED) is 0.720. The van der Waals surface area contributed by atoms with Gasteiger partial charge in [0.05, 0.1) is 11.7 Å². The number of hydrogen-bond donors (Lipinski definition) is 1. The molecule has 1 aliphatic carbocycles. The Bertz CT molecular complexity index is 215. The van der Waals surface area contributed by atoms with E-state index in [1.165, 1.54) is 25.7 Å². The van der Waals surface area contributed by atoms with Crippen LogP contribution >= 0.6 is 0 Å². The summed E-state index contributed by atoms with van der Waals surface area (Å²) in [5.41, 5.74) is 0.0314. The van der Waals surface area contributed by atoms with Gasteiger partial charge in [-0.05, 0) is 38.5 Å². The molecule has 1 N–H and O–H groups in total. The van der Waals surface area contributed by atoms with Crippen LogP contribution in [0.25, 0.3) is 0 Å². The summed E-state index contributed by atoms with van der Waals surface area (Å²) in [6.07, 6.45) is 6.00. The van der Waals surface area contributed by atoms with Crippen LogP contribution in [-0.2, 0) is 4.74 Å². The second kappa shape index (κ2) is 4.42. The normalized spacial score (nSPS) is 41.4. The molecule has 2 heteroatoms. The summed E-state index contributed by atoms with van der Waals surface area (Å²) in [6.45, 7) is 8.82. The minimum Gasteiger partial charge on any atom is -0.369 e. The van der Waals surface area contributed by atoms with Gasteiger partial charge in [0.2, 0.25) is 0 Å². The van der Waals surface area contributed by atoms with Gasteiger partial charge < -0.3 is 10.1 Å². The average Bonchev–Trinajstić information content (AvgIpc) is 2.16. The van der Waals surface area contributed by atoms with Crippen LogP contribution in [-0.4, -0.2) is 24.8 Å². The molecule has 1 saturated carbocycles. The Kier molecular flexibility index (Phi) is 3.36. The Morgan fingerprint density at radius 3 is 2.73 bits per heavy atom. The predicted molar refractivity (Wildman–Crippen MR) is 62.9 cm³/mol. The second-order valence-corrected chi connectivity index (χ2v) is 6.08. The summed E-state index contributed by atoms with van der Waals surface area (Å²) in [5, 5.41) is 3.51.